The first-order valence-electron chi connectivity index (χ1n) is 5.16. The molecule has 3 nitrogen and oxygen atoms in total. The van der Waals surface area contributed by atoms with Crippen molar-refractivity contribution in [2.24, 2.45) is 0 Å². The number of carbonyl (C=O) groups excluding carboxylic acids is 1. The van der Waals surface area contributed by atoms with Crippen LogP contribution < -0.4 is 5.32 Å². The molecule has 1 N–H and O–H groups in total. The fourth-order valence-electron chi connectivity index (χ4n) is 1.22. The molecule has 14 heavy (non-hydrogen) atoms. The van der Waals surface area contributed by atoms with Crippen LogP contribution in [-0.2, 0) is 0 Å². The van der Waals surface area contributed by atoms with Crippen molar-refractivity contribution in [2.75, 3.05) is 25.6 Å². The van der Waals surface area contributed by atoms with Gasteiger partial charge in [-0.2, -0.15) is 11.8 Å². The molecule has 0 bridgehead atoms. The first kappa shape index (κ1) is 13.6. The van der Waals surface area contributed by atoms with Crippen molar-refractivity contribution < 1.29 is 4.79 Å². The number of nitrogens with one attached hydrogen (secondary N) is 1. The number of amides is 2. The Labute approximate surface area is 91.6 Å². The molecule has 84 valence electrons. The highest BCUT2D eigenvalue weighted by molar-refractivity contribution is 7.98. The monoisotopic (exact) mass is 218 g/mol. The predicted molar refractivity (Wildman–Crippen MR) is 63.9 cm³/mol. The normalized spacial score (nSPS) is 12.3. The first-order chi connectivity index (χ1) is 6.67. The molecule has 0 aliphatic rings. The zero-order chi connectivity index (χ0) is 11.0. The summed E-state index contributed by atoms with van der Waals surface area (Å²) in [5.41, 5.74) is 0. The largest absolute Gasteiger partial charge is 0.338 e. The molecular formula is C10H22N2OS. The quantitative estimate of drug-likeness (QED) is 0.741. The molecule has 1 atom stereocenters. The fraction of sp³-hybridized carbons (Fsp3) is 0.900. The molecule has 0 saturated carbocycles. The zero-order valence-electron chi connectivity index (χ0n) is 9.67. The summed E-state index contributed by atoms with van der Waals surface area (Å²) in [5.74, 6) is 1.01. The molecule has 2 amide bonds. The van der Waals surface area contributed by atoms with Crippen LogP contribution >= 0.6 is 11.8 Å². The second-order valence-corrected chi connectivity index (χ2v) is 4.27. The minimum Gasteiger partial charge on any atom is -0.338 e. The summed E-state index contributed by atoms with van der Waals surface area (Å²) in [7, 11) is 1.87. The Bertz CT molecular complexity index is 164. The van der Waals surface area contributed by atoms with Crippen LogP contribution in [0.4, 0.5) is 4.79 Å². The van der Waals surface area contributed by atoms with Gasteiger partial charge in [-0.3, -0.25) is 0 Å². The van der Waals surface area contributed by atoms with Crippen LogP contribution in [0.1, 0.15) is 26.7 Å². The summed E-state index contributed by atoms with van der Waals surface area (Å²) in [6.45, 7) is 4.93. The van der Waals surface area contributed by atoms with Gasteiger partial charge in [-0.25, -0.2) is 4.79 Å². The van der Waals surface area contributed by atoms with Crippen molar-refractivity contribution in [1.29, 1.82) is 0 Å². The Morgan fingerprint density at radius 3 is 2.57 bits per heavy atom. The molecule has 0 aromatic rings. The molecule has 0 rings (SSSR count). The van der Waals surface area contributed by atoms with Gasteiger partial charge in [0.2, 0.25) is 0 Å². The average Bonchev–Trinajstić information content (AvgIpc) is 2.21. The third-order valence-electron chi connectivity index (χ3n) is 2.22. The average molecular weight is 218 g/mol. The van der Waals surface area contributed by atoms with Gasteiger partial charge < -0.3 is 10.2 Å². The number of rotatable bonds is 6. The molecule has 1 unspecified atom stereocenters. The molecule has 0 saturated heterocycles. The minimum absolute atomic E-state index is 0.0488. The van der Waals surface area contributed by atoms with E-state index in [9.17, 15) is 4.79 Å². The minimum atomic E-state index is 0.0488. The van der Waals surface area contributed by atoms with E-state index in [1.54, 1.807) is 11.8 Å². The number of hydrogen-bond acceptors (Lipinski definition) is 2. The van der Waals surface area contributed by atoms with Gasteiger partial charge in [0.1, 0.15) is 0 Å². The molecule has 0 fully saturated rings. The van der Waals surface area contributed by atoms with E-state index in [0.29, 0.717) is 6.04 Å². The van der Waals surface area contributed by atoms with E-state index in [-0.39, 0.29) is 6.03 Å². The molecule has 0 aromatic heterocycles. The Morgan fingerprint density at radius 1 is 1.50 bits per heavy atom. The van der Waals surface area contributed by atoms with Gasteiger partial charge in [-0.1, -0.05) is 13.8 Å². The highest BCUT2D eigenvalue weighted by Crippen LogP contribution is 2.08. The van der Waals surface area contributed by atoms with Crippen molar-refractivity contribution in [3.05, 3.63) is 0 Å². The third-order valence-corrected chi connectivity index (χ3v) is 2.94. The van der Waals surface area contributed by atoms with E-state index >= 15 is 0 Å². The van der Waals surface area contributed by atoms with E-state index in [1.165, 1.54) is 0 Å². The van der Waals surface area contributed by atoms with Crippen LogP contribution in [0.15, 0.2) is 0 Å². The Kier molecular flexibility index (Phi) is 7.76. The van der Waals surface area contributed by atoms with Gasteiger partial charge in [0.15, 0.2) is 0 Å². The summed E-state index contributed by atoms with van der Waals surface area (Å²) >= 11 is 1.78. The Balaban J connectivity index is 3.98. The standard InChI is InChI=1S/C10H22N2OS/c1-5-7-11-10(13)12(3)9(6-2)8-14-4/h9H,5-8H2,1-4H3,(H,11,13). The van der Waals surface area contributed by atoms with Gasteiger partial charge in [0.05, 0.1) is 0 Å². The second kappa shape index (κ2) is 7.97. The van der Waals surface area contributed by atoms with Crippen LogP contribution in [0.5, 0.6) is 0 Å². The maximum absolute atomic E-state index is 11.6. The molecule has 0 radical (unpaired) electrons. The Hall–Kier alpha value is -0.380. The molecule has 0 spiro atoms. The van der Waals surface area contributed by atoms with Gasteiger partial charge >= 0.3 is 6.03 Å². The van der Waals surface area contributed by atoms with E-state index in [4.69, 9.17) is 0 Å². The zero-order valence-corrected chi connectivity index (χ0v) is 10.5. The number of nitrogens with zero attached hydrogens (tertiary/aromatic N) is 1. The number of carbonyl (C=O) groups is 1. The molecular weight excluding hydrogens is 196 g/mol. The summed E-state index contributed by atoms with van der Waals surface area (Å²) in [4.78, 5) is 13.4. The summed E-state index contributed by atoms with van der Waals surface area (Å²) in [6.07, 6.45) is 4.07. The van der Waals surface area contributed by atoms with Crippen molar-refractivity contribution in [2.45, 2.75) is 32.7 Å². The van der Waals surface area contributed by atoms with E-state index in [2.05, 4.69) is 25.4 Å². The number of hydrogen-bond donors (Lipinski definition) is 1. The van der Waals surface area contributed by atoms with Crippen LogP contribution in [0, 0.1) is 0 Å². The van der Waals surface area contributed by atoms with Gasteiger partial charge in [-0.05, 0) is 19.1 Å². The van der Waals surface area contributed by atoms with Crippen LogP contribution in [0.2, 0.25) is 0 Å². The number of urea groups is 1. The molecule has 0 aliphatic carbocycles. The Morgan fingerprint density at radius 2 is 2.14 bits per heavy atom. The molecule has 0 heterocycles. The van der Waals surface area contributed by atoms with Crippen molar-refractivity contribution >= 4 is 17.8 Å². The van der Waals surface area contributed by atoms with Crippen molar-refractivity contribution in [3.63, 3.8) is 0 Å². The van der Waals surface area contributed by atoms with Crippen LogP contribution in [-0.4, -0.2) is 42.6 Å². The fourth-order valence-corrected chi connectivity index (χ4v) is 2.06. The van der Waals surface area contributed by atoms with Crippen molar-refractivity contribution in [3.8, 4) is 0 Å². The molecule has 4 heteroatoms. The highest BCUT2D eigenvalue weighted by atomic mass is 32.2. The lowest BCUT2D eigenvalue weighted by Gasteiger charge is -2.26. The highest BCUT2D eigenvalue weighted by Gasteiger charge is 2.16. The van der Waals surface area contributed by atoms with Crippen molar-refractivity contribution in [1.82, 2.24) is 10.2 Å². The smallest absolute Gasteiger partial charge is 0.317 e. The lowest BCUT2D eigenvalue weighted by Crippen LogP contribution is -2.44. The lowest BCUT2D eigenvalue weighted by molar-refractivity contribution is 0.194. The maximum atomic E-state index is 11.6. The van der Waals surface area contributed by atoms with Crippen LogP contribution in [0.25, 0.3) is 0 Å². The number of thioether (sulfide) groups is 1. The van der Waals surface area contributed by atoms with E-state index in [0.717, 1.165) is 25.1 Å². The predicted octanol–water partition coefficient (Wildman–Crippen LogP) is 2.18. The van der Waals surface area contributed by atoms with Gasteiger partial charge in [0.25, 0.3) is 0 Å². The second-order valence-electron chi connectivity index (χ2n) is 3.36. The topological polar surface area (TPSA) is 32.3 Å². The molecule has 0 aromatic carbocycles. The molecule has 0 aliphatic heterocycles. The summed E-state index contributed by atoms with van der Waals surface area (Å²) in [5, 5.41) is 2.88. The van der Waals surface area contributed by atoms with E-state index in [1.807, 2.05) is 11.9 Å². The van der Waals surface area contributed by atoms with Gasteiger partial charge in [-0.15, -0.1) is 0 Å². The maximum Gasteiger partial charge on any atom is 0.317 e. The van der Waals surface area contributed by atoms with E-state index < -0.39 is 0 Å². The SMILES string of the molecule is CCCNC(=O)N(C)C(CC)CSC. The van der Waals surface area contributed by atoms with Crippen LogP contribution in [0.3, 0.4) is 0 Å². The summed E-state index contributed by atoms with van der Waals surface area (Å²) < 4.78 is 0. The summed E-state index contributed by atoms with van der Waals surface area (Å²) in [6, 6.07) is 0.398. The third kappa shape index (κ3) is 4.74. The lowest BCUT2D eigenvalue weighted by atomic mass is 10.2. The van der Waals surface area contributed by atoms with Gasteiger partial charge in [0, 0.05) is 25.4 Å². The first-order valence-corrected chi connectivity index (χ1v) is 6.56.